The Hall–Kier alpha value is -2.81. The molecule has 0 aliphatic carbocycles. The first-order valence-electron chi connectivity index (χ1n) is 9.49. The second kappa shape index (κ2) is 8.26. The van der Waals surface area contributed by atoms with Crippen molar-refractivity contribution in [3.8, 4) is 0 Å². The van der Waals surface area contributed by atoms with Crippen LogP contribution >= 0.6 is 0 Å². The van der Waals surface area contributed by atoms with Gasteiger partial charge in [-0.1, -0.05) is 37.3 Å². The Labute approximate surface area is 163 Å². The summed E-state index contributed by atoms with van der Waals surface area (Å²) in [6.07, 6.45) is 2.99. The molecule has 3 nitrogen and oxygen atoms in total. The van der Waals surface area contributed by atoms with Gasteiger partial charge in [-0.25, -0.2) is 0 Å². The number of aryl methyl sites for hydroxylation is 1. The average molecular weight is 360 g/mol. The van der Waals surface area contributed by atoms with Crippen LogP contribution in [0, 0.1) is 0 Å². The summed E-state index contributed by atoms with van der Waals surface area (Å²) < 4.78 is 0. The third-order valence-electron chi connectivity index (χ3n) is 5.03. The monoisotopic (exact) mass is 359 g/mol. The van der Waals surface area contributed by atoms with Crippen LogP contribution < -0.4 is 9.80 Å². The summed E-state index contributed by atoms with van der Waals surface area (Å²) in [5.41, 5.74) is 7.33. The van der Waals surface area contributed by atoms with Gasteiger partial charge in [0, 0.05) is 57.4 Å². The number of pyridine rings is 1. The van der Waals surface area contributed by atoms with Crippen molar-refractivity contribution in [1.82, 2.24) is 4.98 Å². The molecule has 1 heterocycles. The molecule has 3 heteroatoms. The van der Waals surface area contributed by atoms with Gasteiger partial charge < -0.3 is 9.80 Å². The van der Waals surface area contributed by atoms with E-state index in [-0.39, 0.29) is 5.92 Å². The lowest BCUT2D eigenvalue weighted by Crippen LogP contribution is -2.10. The quantitative estimate of drug-likeness (QED) is 0.620. The Morgan fingerprint density at radius 2 is 1.11 bits per heavy atom. The highest BCUT2D eigenvalue weighted by atomic mass is 15.1. The van der Waals surface area contributed by atoms with Crippen molar-refractivity contribution in [2.75, 3.05) is 38.0 Å². The molecule has 0 fully saturated rings. The van der Waals surface area contributed by atoms with Crippen molar-refractivity contribution >= 4 is 11.4 Å². The molecule has 0 radical (unpaired) electrons. The van der Waals surface area contributed by atoms with E-state index in [2.05, 4.69) is 111 Å². The molecule has 27 heavy (non-hydrogen) atoms. The molecule has 0 saturated heterocycles. The summed E-state index contributed by atoms with van der Waals surface area (Å²) in [6, 6.07) is 22.0. The van der Waals surface area contributed by atoms with E-state index in [0.717, 1.165) is 12.1 Å². The summed E-state index contributed by atoms with van der Waals surface area (Å²) in [5.74, 6) is 0.177. The van der Waals surface area contributed by atoms with Crippen LogP contribution in [0.4, 0.5) is 11.4 Å². The third-order valence-corrected chi connectivity index (χ3v) is 5.03. The van der Waals surface area contributed by atoms with Crippen molar-refractivity contribution < 1.29 is 0 Å². The summed E-state index contributed by atoms with van der Waals surface area (Å²) in [4.78, 5) is 8.90. The molecule has 0 spiro atoms. The molecule has 2 aromatic carbocycles. The minimum absolute atomic E-state index is 0.177. The van der Waals surface area contributed by atoms with E-state index in [4.69, 9.17) is 0 Å². The molecule has 0 amide bonds. The van der Waals surface area contributed by atoms with E-state index in [1.54, 1.807) is 0 Å². The van der Waals surface area contributed by atoms with Crippen LogP contribution in [0.5, 0.6) is 0 Å². The highest BCUT2D eigenvalue weighted by Crippen LogP contribution is 2.33. The maximum atomic E-state index is 4.64. The zero-order valence-corrected chi connectivity index (χ0v) is 17.0. The molecule has 140 valence electrons. The second-order valence-electron chi connectivity index (χ2n) is 7.34. The fourth-order valence-corrected chi connectivity index (χ4v) is 3.32. The Morgan fingerprint density at radius 3 is 1.44 bits per heavy atom. The number of aromatic nitrogens is 1. The standard InChI is InChI=1S/C24H29N3/c1-6-21-12-7-20(17-25-21)24(18-8-13-22(14-9-18)26(2)3)19-10-15-23(16-11-19)27(4)5/h7-17,24H,6H2,1-5H3. The lowest BCUT2D eigenvalue weighted by molar-refractivity contribution is 0.939. The van der Waals surface area contributed by atoms with Gasteiger partial charge in [0.1, 0.15) is 0 Å². The second-order valence-corrected chi connectivity index (χ2v) is 7.34. The predicted octanol–water partition coefficient (Wildman–Crippen LogP) is 4.96. The molecular formula is C24H29N3. The average Bonchev–Trinajstić information content (AvgIpc) is 2.69. The smallest absolute Gasteiger partial charge is 0.0401 e. The van der Waals surface area contributed by atoms with E-state index in [9.17, 15) is 0 Å². The first-order valence-corrected chi connectivity index (χ1v) is 9.49. The molecule has 0 atom stereocenters. The summed E-state index contributed by atoms with van der Waals surface area (Å²) in [7, 11) is 8.28. The van der Waals surface area contributed by atoms with Crippen LogP contribution in [0.15, 0.2) is 66.9 Å². The van der Waals surface area contributed by atoms with Gasteiger partial charge >= 0.3 is 0 Å². The van der Waals surface area contributed by atoms with Gasteiger partial charge in [0.15, 0.2) is 0 Å². The number of hydrogen-bond donors (Lipinski definition) is 0. The summed E-state index contributed by atoms with van der Waals surface area (Å²) >= 11 is 0. The normalized spacial score (nSPS) is 10.9. The van der Waals surface area contributed by atoms with Gasteiger partial charge in [-0.15, -0.1) is 0 Å². The topological polar surface area (TPSA) is 19.4 Å². The van der Waals surface area contributed by atoms with Crippen LogP contribution in [-0.2, 0) is 6.42 Å². The first kappa shape index (κ1) is 19.0. The van der Waals surface area contributed by atoms with Crippen LogP contribution in [0.3, 0.4) is 0 Å². The summed E-state index contributed by atoms with van der Waals surface area (Å²) in [6.45, 7) is 2.14. The molecule has 0 aliphatic heterocycles. The van der Waals surface area contributed by atoms with Gasteiger partial charge in [0.05, 0.1) is 0 Å². The lowest BCUT2D eigenvalue weighted by atomic mass is 9.85. The maximum Gasteiger partial charge on any atom is 0.0401 e. The fourth-order valence-electron chi connectivity index (χ4n) is 3.32. The number of nitrogens with zero attached hydrogens (tertiary/aromatic N) is 3. The maximum absolute atomic E-state index is 4.64. The van der Waals surface area contributed by atoms with Gasteiger partial charge in [-0.05, 0) is 53.4 Å². The molecule has 0 bridgehead atoms. The van der Waals surface area contributed by atoms with E-state index in [1.165, 1.54) is 28.1 Å². The lowest BCUT2D eigenvalue weighted by Gasteiger charge is -2.21. The SMILES string of the molecule is CCc1ccc(C(c2ccc(N(C)C)cc2)c2ccc(N(C)C)cc2)cn1. The highest BCUT2D eigenvalue weighted by Gasteiger charge is 2.17. The van der Waals surface area contributed by atoms with Crippen molar-refractivity contribution in [3.63, 3.8) is 0 Å². The minimum Gasteiger partial charge on any atom is -0.378 e. The van der Waals surface area contributed by atoms with Gasteiger partial charge in [0.25, 0.3) is 0 Å². The van der Waals surface area contributed by atoms with Crippen molar-refractivity contribution in [3.05, 3.63) is 89.2 Å². The molecule has 1 aromatic heterocycles. The molecule has 3 aromatic rings. The minimum atomic E-state index is 0.177. The Balaban J connectivity index is 2.04. The van der Waals surface area contributed by atoms with Crippen LogP contribution in [0.2, 0.25) is 0 Å². The molecule has 0 N–H and O–H groups in total. The van der Waals surface area contributed by atoms with Crippen molar-refractivity contribution in [2.45, 2.75) is 19.3 Å². The van der Waals surface area contributed by atoms with Crippen LogP contribution in [0.25, 0.3) is 0 Å². The fraction of sp³-hybridized carbons (Fsp3) is 0.292. The summed E-state index contributed by atoms with van der Waals surface area (Å²) in [5, 5.41) is 0. The molecule has 0 aliphatic rings. The van der Waals surface area contributed by atoms with Gasteiger partial charge in [-0.2, -0.15) is 0 Å². The van der Waals surface area contributed by atoms with Crippen LogP contribution in [0.1, 0.15) is 35.2 Å². The number of benzene rings is 2. The number of hydrogen-bond acceptors (Lipinski definition) is 3. The van der Waals surface area contributed by atoms with E-state index in [0.29, 0.717) is 0 Å². The molecular weight excluding hydrogens is 330 g/mol. The largest absolute Gasteiger partial charge is 0.378 e. The number of anilines is 2. The molecule has 0 unspecified atom stereocenters. The Bertz CT molecular complexity index is 796. The Kier molecular flexibility index (Phi) is 5.80. The molecule has 3 rings (SSSR count). The zero-order valence-electron chi connectivity index (χ0n) is 17.0. The van der Waals surface area contributed by atoms with Crippen LogP contribution in [-0.4, -0.2) is 33.2 Å². The van der Waals surface area contributed by atoms with Gasteiger partial charge in [0.2, 0.25) is 0 Å². The van der Waals surface area contributed by atoms with E-state index < -0.39 is 0 Å². The van der Waals surface area contributed by atoms with E-state index in [1.807, 2.05) is 6.20 Å². The van der Waals surface area contributed by atoms with Crippen molar-refractivity contribution in [1.29, 1.82) is 0 Å². The molecule has 0 saturated carbocycles. The predicted molar refractivity (Wildman–Crippen MR) is 116 cm³/mol. The third kappa shape index (κ3) is 4.30. The highest BCUT2D eigenvalue weighted by molar-refractivity contribution is 5.53. The van der Waals surface area contributed by atoms with Gasteiger partial charge in [-0.3, -0.25) is 4.98 Å². The van der Waals surface area contributed by atoms with Crippen molar-refractivity contribution in [2.24, 2.45) is 0 Å². The Morgan fingerprint density at radius 1 is 0.667 bits per heavy atom. The zero-order chi connectivity index (χ0) is 19.4. The van der Waals surface area contributed by atoms with E-state index >= 15 is 0 Å². The first-order chi connectivity index (χ1) is 13.0. The number of rotatable bonds is 6.